The normalized spacial score (nSPS) is 12.9. The fraction of sp³-hybridized carbons (Fsp3) is 0.231. The van der Waals surface area contributed by atoms with Crippen LogP contribution in [0.3, 0.4) is 0 Å². The molecule has 0 saturated heterocycles. The quantitative estimate of drug-likeness (QED) is 0.450. The number of nitrogen functional groups attached to an aromatic ring is 1. The van der Waals surface area contributed by atoms with Gasteiger partial charge in [-0.25, -0.2) is 13.6 Å². The number of anilines is 1. The van der Waals surface area contributed by atoms with Crippen LogP contribution in [0.5, 0.6) is 0 Å². The minimum absolute atomic E-state index is 0.0827. The van der Waals surface area contributed by atoms with E-state index in [1.807, 2.05) is 26.0 Å². The predicted molar refractivity (Wildman–Crippen MR) is 137 cm³/mol. The smallest absolute Gasteiger partial charge is 0.238 e. The van der Waals surface area contributed by atoms with Crippen LogP contribution in [-0.4, -0.2) is 13.4 Å². The van der Waals surface area contributed by atoms with Gasteiger partial charge in [-0.1, -0.05) is 42.8 Å². The molecule has 0 aliphatic heterocycles. The van der Waals surface area contributed by atoms with Crippen molar-refractivity contribution in [1.29, 1.82) is 5.26 Å². The maximum Gasteiger partial charge on any atom is 0.238 e. The first-order valence-corrected chi connectivity index (χ1v) is 12.7. The van der Waals surface area contributed by atoms with Crippen molar-refractivity contribution in [2.45, 2.75) is 44.4 Å². The van der Waals surface area contributed by atoms with Crippen LogP contribution in [0.2, 0.25) is 5.02 Å². The second kappa shape index (κ2) is 10.4. The van der Waals surface area contributed by atoms with Gasteiger partial charge in [0.05, 0.1) is 33.4 Å². The molecule has 1 atom stereocenters. The van der Waals surface area contributed by atoms with Crippen molar-refractivity contribution in [3.05, 3.63) is 93.3 Å². The summed E-state index contributed by atoms with van der Waals surface area (Å²) in [6, 6.07) is 12.8. The number of primary sulfonamides is 1. The molecule has 176 valence electrons. The Morgan fingerprint density at radius 1 is 1.15 bits per heavy atom. The van der Waals surface area contributed by atoms with Crippen molar-refractivity contribution in [3.63, 3.8) is 0 Å². The summed E-state index contributed by atoms with van der Waals surface area (Å²) in [5.74, 6) is 0.124. The standard InChI is InChI=1S/C26H27ClN4O2S/c1-4-18(19-5-8-21(9-6-19)34(30,32)33)7-10-22(24-14-31-15-25(29)26(24)27)23-12-20(13-28)16(2)11-17(23)3/h5-6,8-12,14-15,18H,4,7,29H2,1-3H3,(H2,30,32,33)/b22-10+. The van der Waals surface area contributed by atoms with Crippen LogP contribution in [0.25, 0.3) is 5.57 Å². The molecule has 1 aromatic heterocycles. The van der Waals surface area contributed by atoms with Gasteiger partial charge >= 0.3 is 0 Å². The molecule has 0 fully saturated rings. The van der Waals surface area contributed by atoms with Gasteiger partial charge in [-0.3, -0.25) is 4.98 Å². The molecule has 34 heavy (non-hydrogen) atoms. The number of nitriles is 1. The van der Waals surface area contributed by atoms with Gasteiger partial charge in [0.25, 0.3) is 0 Å². The van der Waals surface area contributed by atoms with E-state index < -0.39 is 10.0 Å². The summed E-state index contributed by atoms with van der Waals surface area (Å²) < 4.78 is 23.2. The predicted octanol–water partition coefficient (Wildman–Crippen LogP) is 5.47. The fourth-order valence-corrected chi connectivity index (χ4v) is 4.72. The van der Waals surface area contributed by atoms with Crippen LogP contribution < -0.4 is 10.9 Å². The van der Waals surface area contributed by atoms with E-state index in [9.17, 15) is 13.7 Å². The SMILES string of the molecule is CCC(C/C=C(\c1cc(C#N)c(C)cc1C)c1cncc(N)c1Cl)c1ccc(S(N)(=O)=O)cc1. The molecule has 3 rings (SSSR count). The third-order valence-electron chi connectivity index (χ3n) is 5.96. The average molecular weight is 495 g/mol. The van der Waals surface area contributed by atoms with E-state index in [1.165, 1.54) is 18.3 Å². The molecular weight excluding hydrogens is 468 g/mol. The summed E-state index contributed by atoms with van der Waals surface area (Å²) in [5, 5.41) is 15.2. The van der Waals surface area contributed by atoms with E-state index in [0.717, 1.165) is 34.2 Å². The van der Waals surface area contributed by atoms with Gasteiger partial charge in [-0.2, -0.15) is 5.26 Å². The minimum atomic E-state index is -3.75. The van der Waals surface area contributed by atoms with E-state index >= 15 is 0 Å². The zero-order valence-corrected chi connectivity index (χ0v) is 20.9. The molecule has 0 aliphatic carbocycles. The lowest BCUT2D eigenvalue weighted by Crippen LogP contribution is -2.12. The van der Waals surface area contributed by atoms with E-state index in [-0.39, 0.29) is 10.8 Å². The minimum Gasteiger partial charge on any atom is -0.396 e. The zero-order valence-electron chi connectivity index (χ0n) is 19.3. The molecule has 2 aromatic carbocycles. The molecule has 1 heterocycles. The van der Waals surface area contributed by atoms with Crippen molar-refractivity contribution in [1.82, 2.24) is 4.98 Å². The van der Waals surface area contributed by atoms with Gasteiger partial charge < -0.3 is 5.73 Å². The van der Waals surface area contributed by atoms with Crippen LogP contribution in [0.15, 0.2) is 59.8 Å². The van der Waals surface area contributed by atoms with Crippen LogP contribution in [0.4, 0.5) is 5.69 Å². The average Bonchev–Trinajstić information content (AvgIpc) is 2.79. The van der Waals surface area contributed by atoms with E-state index in [0.29, 0.717) is 28.3 Å². The Balaban J connectivity index is 2.11. The Hall–Kier alpha value is -3.18. The number of pyridine rings is 1. The number of benzene rings is 2. The van der Waals surface area contributed by atoms with Gasteiger partial charge in [0.1, 0.15) is 0 Å². The van der Waals surface area contributed by atoms with Gasteiger partial charge in [0.15, 0.2) is 0 Å². The van der Waals surface area contributed by atoms with Crippen LogP contribution >= 0.6 is 11.6 Å². The summed E-state index contributed by atoms with van der Waals surface area (Å²) in [4.78, 5) is 4.32. The first kappa shape index (κ1) is 25.4. The van der Waals surface area contributed by atoms with E-state index in [2.05, 4.69) is 24.1 Å². The number of aryl methyl sites for hydroxylation is 2. The Labute approximate surface area is 205 Å². The highest BCUT2D eigenvalue weighted by atomic mass is 35.5. The summed E-state index contributed by atoms with van der Waals surface area (Å²) >= 11 is 6.58. The van der Waals surface area contributed by atoms with Crippen LogP contribution in [0.1, 0.15) is 59.1 Å². The van der Waals surface area contributed by atoms with Crippen LogP contribution in [0, 0.1) is 25.2 Å². The number of nitrogens with zero attached hydrogens (tertiary/aromatic N) is 2. The molecule has 0 radical (unpaired) electrons. The maximum absolute atomic E-state index is 11.6. The Morgan fingerprint density at radius 2 is 1.82 bits per heavy atom. The molecule has 0 aliphatic rings. The number of hydrogen-bond donors (Lipinski definition) is 2. The Bertz CT molecular complexity index is 1390. The number of aromatic nitrogens is 1. The molecule has 3 aromatic rings. The molecule has 6 nitrogen and oxygen atoms in total. The molecular formula is C26H27ClN4O2S. The third kappa shape index (κ3) is 5.48. The zero-order chi connectivity index (χ0) is 25.0. The van der Waals surface area contributed by atoms with E-state index in [1.54, 1.807) is 18.3 Å². The van der Waals surface area contributed by atoms with E-state index in [4.69, 9.17) is 22.5 Å². The molecule has 8 heteroatoms. The lowest BCUT2D eigenvalue weighted by atomic mass is 9.87. The molecule has 0 spiro atoms. The van der Waals surface area contributed by atoms with Gasteiger partial charge in [0.2, 0.25) is 10.0 Å². The highest BCUT2D eigenvalue weighted by molar-refractivity contribution is 7.89. The molecule has 4 N–H and O–H groups in total. The Morgan fingerprint density at radius 3 is 2.41 bits per heavy atom. The topological polar surface area (TPSA) is 123 Å². The van der Waals surface area contributed by atoms with Gasteiger partial charge in [-0.15, -0.1) is 0 Å². The first-order chi connectivity index (χ1) is 16.1. The van der Waals surface area contributed by atoms with Gasteiger partial charge in [-0.05, 0) is 78.6 Å². The molecule has 0 amide bonds. The van der Waals surface area contributed by atoms with Gasteiger partial charge in [0, 0.05) is 11.8 Å². The number of sulfonamides is 1. The molecule has 0 saturated carbocycles. The molecule has 1 unspecified atom stereocenters. The summed E-state index contributed by atoms with van der Waals surface area (Å²) in [6.45, 7) is 5.98. The number of nitrogens with two attached hydrogens (primary N) is 2. The number of allylic oxidation sites excluding steroid dienone is 1. The second-order valence-electron chi connectivity index (χ2n) is 8.26. The first-order valence-electron chi connectivity index (χ1n) is 10.8. The number of halogens is 1. The Kier molecular flexibility index (Phi) is 7.78. The van der Waals surface area contributed by atoms with Crippen molar-refractivity contribution in [2.24, 2.45) is 5.14 Å². The number of hydrogen-bond acceptors (Lipinski definition) is 5. The summed E-state index contributed by atoms with van der Waals surface area (Å²) in [7, 11) is -3.75. The summed E-state index contributed by atoms with van der Waals surface area (Å²) in [5.41, 5.74) is 12.3. The monoisotopic (exact) mass is 494 g/mol. The van der Waals surface area contributed by atoms with Crippen molar-refractivity contribution in [2.75, 3.05) is 5.73 Å². The van der Waals surface area contributed by atoms with Crippen molar-refractivity contribution < 1.29 is 8.42 Å². The third-order valence-corrected chi connectivity index (χ3v) is 7.31. The van der Waals surface area contributed by atoms with Crippen molar-refractivity contribution in [3.8, 4) is 6.07 Å². The van der Waals surface area contributed by atoms with Crippen LogP contribution in [-0.2, 0) is 10.0 Å². The number of rotatable bonds is 7. The fourth-order valence-electron chi connectivity index (χ4n) is 4.00. The largest absolute Gasteiger partial charge is 0.396 e. The summed E-state index contributed by atoms with van der Waals surface area (Å²) in [6.07, 6.45) is 6.76. The maximum atomic E-state index is 11.6. The highest BCUT2D eigenvalue weighted by Gasteiger charge is 2.17. The lowest BCUT2D eigenvalue weighted by molar-refractivity contribution is 0.597. The highest BCUT2D eigenvalue weighted by Crippen LogP contribution is 2.36. The molecule has 0 bridgehead atoms. The lowest BCUT2D eigenvalue weighted by Gasteiger charge is -2.18. The second-order valence-corrected chi connectivity index (χ2v) is 10.2. The van der Waals surface area contributed by atoms with Crippen molar-refractivity contribution >= 4 is 32.9 Å².